The first-order valence-electron chi connectivity index (χ1n) is 9.37. The number of phenolic OH excluding ortho intramolecular Hbond substituents is 1. The lowest BCUT2D eigenvalue weighted by atomic mass is 9.94. The summed E-state index contributed by atoms with van der Waals surface area (Å²) in [6.45, 7) is 5.94. The van der Waals surface area contributed by atoms with Crippen LogP contribution in [-0.4, -0.2) is 46.7 Å². The molecular weight excluding hydrogens is 422 g/mol. The van der Waals surface area contributed by atoms with Crippen molar-refractivity contribution in [2.75, 3.05) is 20.8 Å². The van der Waals surface area contributed by atoms with Gasteiger partial charge < -0.3 is 14.6 Å². The monoisotopic (exact) mass is 447 g/mol. The molecule has 7 nitrogen and oxygen atoms in total. The van der Waals surface area contributed by atoms with Crippen LogP contribution in [0, 0.1) is 5.70 Å². The first-order chi connectivity index (χ1) is 14.0. The van der Waals surface area contributed by atoms with Crippen molar-refractivity contribution in [1.82, 2.24) is 4.31 Å². The predicted octanol–water partition coefficient (Wildman–Crippen LogP) is 3.82. The summed E-state index contributed by atoms with van der Waals surface area (Å²) in [6.07, 6.45) is 0. The standard InChI is InChI=1S/C21H25NO6SSi/c1-27-20-18(23)16-12-22(29(25,26)15-9-7-6-8-10-15)11-14(13-30(3,4)5)17(16)19(24)21(20)28-2/h6-10,24H,11-12H2,1-5H3. The predicted molar refractivity (Wildman–Crippen MR) is 115 cm³/mol. The van der Waals surface area contributed by atoms with Gasteiger partial charge in [0.25, 0.3) is 0 Å². The molecule has 0 fully saturated rings. The van der Waals surface area contributed by atoms with E-state index in [-0.39, 0.29) is 40.8 Å². The maximum atomic E-state index is 13.3. The van der Waals surface area contributed by atoms with Crippen LogP contribution in [0.25, 0.3) is 5.57 Å². The molecule has 0 aliphatic carbocycles. The summed E-state index contributed by atoms with van der Waals surface area (Å²) in [5.74, 6) is -0.956. The van der Waals surface area contributed by atoms with Crippen LogP contribution in [0.15, 0.2) is 35.2 Å². The third kappa shape index (κ3) is 3.92. The summed E-state index contributed by atoms with van der Waals surface area (Å²) in [4.78, 5) is 0.137. The summed E-state index contributed by atoms with van der Waals surface area (Å²) >= 11 is 0. The molecule has 0 amide bonds. The fourth-order valence-electron chi connectivity index (χ4n) is 3.52. The number of hydrogen-bond donors (Lipinski definition) is 1. The van der Waals surface area contributed by atoms with Crippen molar-refractivity contribution in [3.8, 4) is 23.0 Å². The van der Waals surface area contributed by atoms with Gasteiger partial charge in [-0.15, -0.1) is 0 Å². The van der Waals surface area contributed by atoms with Crippen molar-refractivity contribution in [1.29, 1.82) is 0 Å². The SMILES string of the molecule is COc1c([O])c2c(c(O)c1OC)C(=[C][Si](C)(C)C)CN(S(=O)(=O)c1ccccc1)C2. The summed E-state index contributed by atoms with van der Waals surface area (Å²) < 4.78 is 38.1. The fourth-order valence-corrected chi connectivity index (χ4v) is 6.03. The summed E-state index contributed by atoms with van der Waals surface area (Å²) in [5.41, 5.74) is 4.30. The zero-order chi connectivity index (χ0) is 22.3. The van der Waals surface area contributed by atoms with Gasteiger partial charge in [-0.05, 0) is 17.7 Å². The molecule has 1 heterocycles. The zero-order valence-corrected chi connectivity index (χ0v) is 19.5. The Morgan fingerprint density at radius 3 is 2.17 bits per heavy atom. The van der Waals surface area contributed by atoms with Gasteiger partial charge in [0.05, 0.1) is 27.2 Å². The van der Waals surface area contributed by atoms with Crippen LogP contribution in [0.2, 0.25) is 19.6 Å². The molecule has 1 aliphatic rings. The first-order valence-corrected chi connectivity index (χ1v) is 14.3. The maximum absolute atomic E-state index is 13.3. The molecular formula is C21H25NO6SSi. The number of nitrogens with zero attached hydrogens (tertiary/aromatic N) is 1. The van der Waals surface area contributed by atoms with Gasteiger partial charge in [0, 0.05) is 24.2 Å². The molecule has 2 aromatic carbocycles. The van der Waals surface area contributed by atoms with E-state index in [2.05, 4.69) is 5.70 Å². The largest absolute Gasteiger partial charge is 0.504 e. The third-order valence-electron chi connectivity index (χ3n) is 4.73. The van der Waals surface area contributed by atoms with Gasteiger partial charge >= 0.3 is 0 Å². The van der Waals surface area contributed by atoms with E-state index in [1.807, 2.05) is 19.6 Å². The molecule has 2 aromatic rings. The normalized spacial score (nSPS) is 16.4. The molecule has 0 spiro atoms. The van der Waals surface area contributed by atoms with Crippen molar-refractivity contribution in [3.63, 3.8) is 0 Å². The molecule has 3 rings (SSSR count). The van der Waals surface area contributed by atoms with Crippen LogP contribution in [0.3, 0.4) is 0 Å². The van der Waals surface area contributed by atoms with Crippen molar-refractivity contribution in [3.05, 3.63) is 47.2 Å². The van der Waals surface area contributed by atoms with Gasteiger partial charge in [0.2, 0.25) is 27.3 Å². The molecule has 0 unspecified atom stereocenters. The second-order valence-electron chi connectivity index (χ2n) is 8.04. The summed E-state index contributed by atoms with van der Waals surface area (Å²) in [7, 11) is -3.19. The number of methoxy groups -OCH3 is 2. The van der Waals surface area contributed by atoms with Crippen LogP contribution in [-0.2, 0) is 21.7 Å². The molecule has 1 N–H and O–H groups in total. The minimum atomic E-state index is -3.86. The number of benzene rings is 2. The van der Waals surface area contributed by atoms with Crippen LogP contribution in [0.4, 0.5) is 0 Å². The Bertz CT molecular complexity index is 1090. The van der Waals surface area contributed by atoms with E-state index in [9.17, 15) is 18.6 Å². The zero-order valence-electron chi connectivity index (χ0n) is 17.6. The van der Waals surface area contributed by atoms with Gasteiger partial charge in [-0.1, -0.05) is 43.5 Å². The van der Waals surface area contributed by atoms with Crippen molar-refractivity contribution in [2.24, 2.45) is 0 Å². The van der Waals surface area contributed by atoms with Crippen molar-refractivity contribution < 1.29 is 28.1 Å². The molecule has 0 saturated carbocycles. The van der Waals surface area contributed by atoms with Gasteiger partial charge in [-0.25, -0.2) is 8.42 Å². The van der Waals surface area contributed by atoms with Crippen molar-refractivity contribution >= 4 is 23.7 Å². The Morgan fingerprint density at radius 2 is 1.63 bits per heavy atom. The minimum Gasteiger partial charge on any atom is -0.504 e. The molecule has 0 atom stereocenters. The van der Waals surface area contributed by atoms with E-state index < -0.39 is 23.8 Å². The van der Waals surface area contributed by atoms with E-state index >= 15 is 0 Å². The van der Waals surface area contributed by atoms with Gasteiger partial charge in [0.1, 0.15) is 0 Å². The molecule has 30 heavy (non-hydrogen) atoms. The minimum absolute atomic E-state index is 0.00300. The molecule has 0 saturated heterocycles. The van der Waals surface area contributed by atoms with Crippen LogP contribution < -0.4 is 9.47 Å². The number of rotatable bonds is 5. The smallest absolute Gasteiger partial charge is 0.243 e. The highest BCUT2D eigenvalue weighted by molar-refractivity contribution is 7.89. The second-order valence-corrected chi connectivity index (χ2v) is 14.7. The Balaban J connectivity index is 2.27. The molecule has 0 bridgehead atoms. The quantitative estimate of drug-likeness (QED) is 0.703. The molecule has 9 heteroatoms. The number of hydrogen-bond acceptors (Lipinski definition) is 5. The van der Waals surface area contributed by atoms with Gasteiger partial charge in [-0.3, -0.25) is 5.11 Å². The lowest BCUT2D eigenvalue weighted by molar-refractivity contribution is 0.280. The summed E-state index contributed by atoms with van der Waals surface area (Å²) in [5, 5.41) is 24.0. The summed E-state index contributed by atoms with van der Waals surface area (Å²) in [6, 6.07) is 8.06. The Hall–Kier alpha value is -2.49. The van der Waals surface area contributed by atoms with Gasteiger partial charge in [0.15, 0.2) is 5.75 Å². The molecule has 2 radical (unpaired) electrons. The average molecular weight is 448 g/mol. The molecule has 0 aromatic heterocycles. The van der Waals surface area contributed by atoms with Crippen LogP contribution in [0.5, 0.6) is 23.0 Å². The van der Waals surface area contributed by atoms with E-state index in [4.69, 9.17) is 9.47 Å². The van der Waals surface area contributed by atoms with Gasteiger partial charge in [-0.2, -0.15) is 4.31 Å². The number of aromatic hydroxyl groups is 1. The van der Waals surface area contributed by atoms with Crippen molar-refractivity contribution in [2.45, 2.75) is 31.1 Å². The highest BCUT2D eigenvalue weighted by Crippen LogP contribution is 2.53. The Morgan fingerprint density at radius 1 is 1.03 bits per heavy atom. The fraction of sp³-hybridized carbons (Fsp3) is 0.333. The Kier molecular flexibility index (Phi) is 5.90. The number of sulfonamides is 1. The third-order valence-corrected chi connectivity index (χ3v) is 7.58. The Labute approximate surface area is 178 Å². The topological polar surface area (TPSA) is 96.0 Å². The number of phenols is 1. The highest BCUT2D eigenvalue weighted by Gasteiger charge is 2.38. The maximum Gasteiger partial charge on any atom is 0.243 e. The number of ether oxygens (including phenoxy) is 2. The number of fused-ring (bicyclic) bond motifs is 1. The second kappa shape index (κ2) is 7.97. The van der Waals surface area contributed by atoms with E-state index in [0.29, 0.717) is 11.1 Å². The molecule has 160 valence electrons. The van der Waals surface area contributed by atoms with Crippen LogP contribution >= 0.6 is 0 Å². The van der Waals surface area contributed by atoms with E-state index in [1.165, 1.54) is 30.7 Å². The lowest BCUT2D eigenvalue weighted by Gasteiger charge is -2.32. The highest BCUT2D eigenvalue weighted by atomic mass is 32.2. The first kappa shape index (κ1) is 22.2. The van der Waals surface area contributed by atoms with Crippen LogP contribution in [0.1, 0.15) is 11.1 Å². The van der Waals surface area contributed by atoms with E-state index in [1.54, 1.807) is 18.2 Å². The molecule has 1 aliphatic heterocycles. The van der Waals surface area contributed by atoms with E-state index in [0.717, 1.165) is 0 Å². The average Bonchev–Trinajstić information content (AvgIpc) is 2.69. The lowest BCUT2D eigenvalue weighted by Crippen LogP contribution is -2.36.